The van der Waals surface area contributed by atoms with E-state index >= 15 is 0 Å². The summed E-state index contributed by atoms with van der Waals surface area (Å²) in [7, 11) is 0. The Labute approximate surface area is 195 Å². The standard InChI is InChI=1S/C26H32N2O5/c29-25(27-22-12-14-28(15-13-22)17-20-5-2-1-3-6-20)19-33-26(30)21-8-10-23(11-9-21)32-18-24-7-4-16-31-24/h1-3,5-6,8-11,22,24H,4,7,12-19H2,(H,27,29). The molecular weight excluding hydrogens is 420 g/mol. The molecule has 176 valence electrons. The number of hydrogen-bond acceptors (Lipinski definition) is 6. The fourth-order valence-electron chi connectivity index (χ4n) is 4.21. The van der Waals surface area contributed by atoms with E-state index in [0.717, 1.165) is 51.9 Å². The predicted octanol–water partition coefficient (Wildman–Crippen LogP) is 3.18. The lowest BCUT2D eigenvalue weighted by molar-refractivity contribution is -0.125. The van der Waals surface area contributed by atoms with Gasteiger partial charge in [0, 0.05) is 32.3 Å². The number of rotatable bonds is 9. The predicted molar refractivity (Wildman–Crippen MR) is 124 cm³/mol. The molecule has 1 N–H and O–H groups in total. The van der Waals surface area contributed by atoms with Crippen molar-refractivity contribution in [2.24, 2.45) is 0 Å². The van der Waals surface area contributed by atoms with Crippen LogP contribution in [-0.4, -0.2) is 61.8 Å². The van der Waals surface area contributed by atoms with Crippen molar-refractivity contribution in [2.75, 3.05) is 32.9 Å². The van der Waals surface area contributed by atoms with Gasteiger partial charge in [-0.25, -0.2) is 4.79 Å². The van der Waals surface area contributed by atoms with Crippen LogP contribution < -0.4 is 10.1 Å². The molecule has 0 spiro atoms. The summed E-state index contributed by atoms with van der Waals surface area (Å²) in [5, 5.41) is 2.99. The van der Waals surface area contributed by atoms with Crippen LogP contribution in [0, 0.1) is 0 Å². The van der Waals surface area contributed by atoms with E-state index in [0.29, 0.717) is 17.9 Å². The summed E-state index contributed by atoms with van der Waals surface area (Å²) in [6.07, 6.45) is 4.00. The Balaban J connectivity index is 1.13. The van der Waals surface area contributed by atoms with E-state index in [9.17, 15) is 9.59 Å². The molecule has 4 rings (SSSR count). The zero-order valence-corrected chi connectivity index (χ0v) is 18.9. The third-order valence-corrected chi connectivity index (χ3v) is 6.09. The maximum absolute atomic E-state index is 12.3. The summed E-state index contributed by atoms with van der Waals surface area (Å²) in [6.45, 7) is 3.81. The van der Waals surface area contributed by atoms with E-state index in [4.69, 9.17) is 14.2 Å². The van der Waals surface area contributed by atoms with Gasteiger partial charge in [0.2, 0.25) is 0 Å². The number of esters is 1. The lowest BCUT2D eigenvalue weighted by atomic mass is 10.0. The average molecular weight is 453 g/mol. The summed E-state index contributed by atoms with van der Waals surface area (Å²) in [6, 6.07) is 17.3. The van der Waals surface area contributed by atoms with Crippen molar-refractivity contribution in [2.45, 2.75) is 44.4 Å². The van der Waals surface area contributed by atoms with Crippen LogP contribution in [0.15, 0.2) is 54.6 Å². The topological polar surface area (TPSA) is 77.1 Å². The van der Waals surface area contributed by atoms with E-state index in [1.165, 1.54) is 5.56 Å². The lowest BCUT2D eigenvalue weighted by Gasteiger charge is -2.32. The SMILES string of the molecule is O=C(COC(=O)c1ccc(OCC2CCCO2)cc1)NC1CCN(Cc2ccccc2)CC1. The molecule has 2 saturated heterocycles. The van der Waals surface area contributed by atoms with Crippen molar-refractivity contribution < 1.29 is 23.8 Å². The van der Waals surface area contributed by atoms with Crippen molar-refractivity contribution in [3.8, 4) is 5.75 Å². The number of hydrogen-bond donors (Lipinski definition) is 1. The zero-order valence-electron chi connectivity index (χ0n) is 18.9. The molecule has 1 amide bonds. The number of likely N-dealkylation sites (tertiary alicyclic amines) is 1. The largest absolute Gasteiger partial charge is 0.491 e. The van der Waals surface area contributed by atoms with E-state index in [-0.39, 0.29) is 24.7 Å². The van der Waals surface area contributed by atoms with Crippen LogP contribution in [0.1, 0.15) is 41.6 Å². The van der Waals surface area contributed by atoms with E-state index in [1.807, 2.05) is 6.07 Å². The van der Waals surface area contributed by atoms with Crippen LogP contribution in [0.5, 0.6) is 5.75 Å². The second kappa shape index (κ2) is 11.8. The molecule has 0 saturated carbocycles. The minimum Gasteiger partial charge on any atom is -0.491 e. The minimum absolute atomic E-state index is 0.114. The Hall–Kier alpha value is -2.90. The highest BCUT2D eigenvalue weighted by Crippen LogP contribution is 2.17. The van der Waals surface area contributed by atoms with Crippen LogP contribution >= 0.6 is 0 Å². The van der Waals surface area contributed by atoms with Crippen LogP contribution in [-0.2, 0) is 20.8 Å². The number of benzene rings is 2. The van der Waals surface area contributed by atoms with Gasteiger partial charge in [-0.3, -0.25) is 9.69 Å². The molecule has 0 aliphatic carbocycles. The first-order valence-corrected chi connectivity index (χ1v) is 11.7. The van der Waals surface area contributed by atoms with Crippen LogP contribution in [0.3, 0.4) is 0 Å². The van der Waals surface area contributed by atoms with Gasteiger partial charge in [-0.15, -0.1) is 0 Å². The highest BCUT2D eigenvalue weighted by atomic mass is 16.5. The number of nitrogens with zero attached hydrogens (tertiary/aromatic N) is 1. The molecule has 2 heterocycles. The summed E-state index contributed by atoms with van der Waals surface area (Å²) in [5.41, 5.74) is 1.69. The molecule has 1 unspecified atom stereocenters. The minimum atomic E-state index is -0.520. The number of carbonyl (C=O) groups is 2. The van der Waals surface area contributed by atoms with Gasteiger partial charge < -0.3 is 19.5 Å². The highest BCUT2D eigenvalue weighted by molar-refractivity contribution is 5.91. The van der Waals surface area contributed by atoms with Gasteiger partial charge in [0.15, 0.2) is 6.61 Å². The Morgan fingerprint density at radius 2 is 1.76 bits per heavy atom. The van der Waals surface area contributed by atoms with Gasteiger partial charge >= 0.3 is 5.97 Å². The quantitative estimate of drug-likeness (QED) is 0.589. The molecular formula is C26H32N2O5. The van der Waals surface area contributed by atoms with Crippen molar-refractivity contribution >= 4 is 11.9 Å². The van der Waals surface area contributed by atoms with Gasteiger partial charge in [-0.2, -0.15) is 0 Å². The zero-order chi connectivity index (χ0) is 22.9. The maximum atomic E-state index is 12.3. The second-order valence-corrected chi connectivity index (χ2v) is 8.65. The molecule has 2 aliphatic heterocycles. The molecule has 2 fully saturated rings. The van der Waals surface area contributed by atoms with Crippen LogP contribution in [0.2, 0.25) is 0 Å². The Morgan fingerprint density at radius 1 is 1.00 bits per heavy atom. The molecule has 0 radical (unpaired) electrons. The van der Waals surface area contributed by atoms with Gasteiger partial charge in [0.05, 0.1) is 11.7 Å². The van der Waals surface area contributed by atoms with E-state index in [2.05, 4.69) is 34.5 Å². The fraction of sp³-hybridized carbons (Fsp3) is 0.462. The molecule has 1 atom stereocenters. The number of piperidine rings is 1. The summed E-state index contributed by atoms with van der Waals surface area (Å²) >= 11 is 0. The summed E-state index contributed by atoms with van der Waals surface area (Å²) in [4.78, 5) is 26.9. The molecule has 33 heavy (non-hydrogen) atoms. The first kappa shape index (κ1) is 23.3. The number of ether oxygens (including phenoxy) is 3. The molecule has 7 heteroatoms. The number of carbonyl (C=O) groups excluding carboxylic acids is 2. The van der Waals surface area contributed by atoms with Crippen LogP contribution in [0.4, 0.5) is 0 Å². The number of amides is 1. The second-order valence-electron chi connectivity index (χ2n) is 8.65. The average Bonchev–Trinajstić information content (AvgIpc) is 3.37. The molecule has 7 nitrogen and oxygen atoms in total. The van der Waals surface area contributed by atoms with Gasteiger partial charge in [-0.1, -0.05) is 30.3 Å². The monoisotopic (exact) mass is 452 g/mol. The first-order valence-electron chi connectivity index (χ1n) is 11.7. The molecule has 0 aromatic heterocycles. The van der Waals surface area contributed by atoms with Gasteiger partial charge in [0.1, 0.15) is 12.4 Å². The Bertz CT molecular complexity index is 889. The van der Waals surface area contributed by atoms with Gasteiger partial charge in [-0.05, 0) is 55.5 Å². The van der Waals surface area contributed by atoms with E-state index < -0.39 is 5.97 Å². The molecule has 2 aliphatic rings. The Morgan fingerprint density at radius 3 is 2.45 bits per heavy atom. The summed E-state index contributed by atoms with van der Waals surface area (Å²) in [5.74, 6) is -0.103. The first-order chi connectivity index (χ1) is 16.2. The smallest absolute Gasteiger partial charge is 0.338 e. The normalized spacial score (nSPS) is 19.2. The van der Waals surface area contributed by atoms with Crippen molar-refractivity contribution in [3.05, 3.63) is 65.7 Å². The highest BCUT2D eigenvalue weighted by Gasteiger charge is 2.21. The fourth-order valence-corrected chi connectivity index (χ4v) is 4.21. The number of nitrogens with one attached hydrogen (secondary N) is 1. The van der Waals surface area contributed by atoms with Crippen molar-refractivity contribution in [1.29, 1.82) is 0 Å². The lowest BCUT2D eigenvalue weighted by Crippen LogP contribution is -2.45. The molecule has 0 bridgehead atoms. The van der Waals surface area contributed by atoms with Crippen LogP contribution in [0.25, 0.3) is 0 Å². The van der Waals surface area contributed by atoms with Crippen molar-refractivity contribution in [1.82, 2.24) is 10.2 Å². The maximum Gasteiger partial charge on any atom is 0.338 e. The molecule has 2 aromatic rings. The third kappa shape index (κ3) is 7.30. The van der Waals surface area contributed by atoms with Crippen molar-refractivity contribution in [3.63, 3.8) is 0 Å². The Kier molecular flexibility index (Phi) is 8.33. The van der Waals surface area contributed by atoms with E-state index in [1.54, 1.807) is 24.3 Å². The third-order valence-electron chi connectivity index (χ3n) is 6.09. The molecule has 2 aromatic carbocycles. The summed E-state index contributed by atoms with van der Waals surface area (Å²) < 4.78 is 16.4. The van der Waals surface area contributed by atoms with Gasteiger partial charge in [0.25, 0.3) is 5.91 Å².